The zero-order valence-corrected chi connectivity index (χ0v) is 36.3. The van der Waals surface area contributed by atoms with Crippen molar-refractivity contribution in [1.29, 1.82) is 0 Å². The highest BCUT2D eigenvalue weighted by Crippen LogP contribution is 2.20. The minimum absolute atomic E-state index is 0.0655. The van der Waals surface area contributed by atoms with E-state index in [1.165, 1.54) is 35.8 Å². The van der Waals surface area contributed by atoms with E-state index in [1.807, 2.05) is 65.0 Å². The molecule has 6 amide bonds. The Bertz CT molecular complexity index is 1580. The number of nitrogens with zero attached hydrogens (tertiary/aromatic N) is 4. The maximum absolute atomic E-state index is 14.5. The Balaban J connectivity index is 3.50. The summed E-state index contributed by atoms with van der Waals surface area (Å²) in [6, 6.07) is 4.49. The van der Waals surface area contributed by atoms with Crippen LogP contribution in [0.2, 0.25) is 0 Å². The molecule has 0 bridgehead atoms. The van der Waals surface area contributed by atoms with Crippen molar-refractivity contribution in [1.82, 2.24) is 24.9 Å². The van der Waals surface area contributed by atoms with Gasteiger partial charge < -0.3 is 24.8 Å². The lowest BCUT2D eigenvalue weighted by Crippen LogP contribution is -2.60. The van der Waals surface area contributed by atoms with Crippen LogP contribution in [-0.2, 0) is 45.0 Å². The average Bonchev–Trinajstić information content (AvgIpc) is 3.10. The second kappa shape index (κ2) is 23.8. The third-order valence-electron chi connectivity index (χ3n) is 9.63. The first-order valence-corrected chi connectivity index (χ1v) is 21.7. The van der Waals surface area contributed by atoms with Crippen LogP contribution in [0.1, 0.15) is 99.0 Å². The molecule has 1 aromatic carbocycles. The van der Waals surface area contributed by atoms with Gasteiger partial charge in [0.15, 0.2) is 9.84 Å². The minimum atomic E-state index is -3.50. The third kappa shape index (κ3) is 16.5. The summed E-state index contributed by atoms with van der Waals surface area (Å²) >= 11 is 0. The number of sulfone groups is 1. The molecule has 0 aromatic heterocycles. The Morgan fingerprint density at radius 2 is 1.36 bits per heavy atom. The standard InChI is InChI=1S/C41H67N5O9S/c1-12-13-22-46(41(53)45(10)36(26-47)30(6)7)39(51)33(23-28(2)3)42-38(50)34(24-29(4)5)44(9)40(52)35(25-31-18-15-14-16-19-31)43(8)37(49)21-17-20-32(48)27-56(11,54)55/h14-16,18-19,26,28-30,33-36H,12-13,17,20-25,27H2,1-11H3,(H,42,50)/t33-,34-,35-,36?/m0/s1. The molecule has 0 spiro atoms. The number of hydrogen-bond acceptors (Lipinski definition) is 9. The molecule has 1 N–H and O–H groups in total. The molecule has 0 aliphatic carbocycles. The molecule has 316 valence electrons. The summed E-state index contributed by atoms with van der Waals surface area (Å²) in [6.45, 7) is 13.2. The average molecular weight is 806 g/mol. The highest BCUT2D eigenvalue weighted by Gasteiger charge is 2.39. The van der Waals surface area contributed by atoms with Crippen LogP contribution in [0, 0.1) is 17.8 Å². The number of Topliss-reactive ketones (excluding diaryl/α,β-unsaturated/α-hetero) is 1. The number of ketones is 1. The fourth-order valence-electron chi connectivity index (χ4n) is 6.43. The van der Waals surface area contributed by atoms with Gasteiger partial charge in [-0.3, -0.25) is 28.9 Å². The number of unbranched alkanes of at least 4 members (excludes halogenated alkanes) is 1. The first-order valence-electron chi connectivity index (χ1n) is 19.6. The fourth-order valence-corrected chi connectivity index (χ4v) is 7.16. The molecule has 0 fully saturated rings. The van der Waals surface area contributed by atoms with Crippen LogP contribution >= 0.6 is 0 Å². The van der Waals surface area contributed by atoms with Gasteiger partial charge in [-0.25, -0.2) is 13.2 Å². The van der Waals surface area contributed by atoms with Gasteiger partial charge in [0.1, 0.15) is 35.9 Å². The summed E-state index contributed by atoms with van der Waals surface area (Å²) in [4.78, 5) is 99.3. The molecule has 0 saturated heterocycles. The van der Waals surface area contributed by atoms with E-state index >= 15 is 0 Å². The molecule has 0 aliphatic rings. The Hall–Kier alpha value is -4.14. The van der Waals surface area contributed by atoms with E-state index < -0.39 is 75.2 Å². The number of nitrogens with one attached hydrogen (secondary N) is 1. The molecule has 14 nitrogen and oxygen atoms in total. The molecule has 0 radical (unpaired) electrons. The van der Waals surface area contributed by atoms with Crippen LogP contribution < -0.4 is 5.32 Å². The van der Waals surface area contributed by atoms with Crippen LogP contribution in [-0.4, -0.2) is 134 Å². The molecular weight excluding hydrogens is 739 g/mol. The Labute approximate surface area is 335 Å². The second-order valence-corrected chi connectivity index (χ2v) is 18.2. The van der Waals surface area contributed by atoms with Crippen LogP contribution in [0.3, 0.4) is 0 Å². The van der Waals surface area contributed by atoms with Crippen molar-refractivity contribution < 1.29 is 42.0 Å². The monoisotopic (exact) mass is 805 g/mol. The molecule has 1 rings (SSSR count). The molecule has 0 aliphatic heterocycles. The van der Waals surface area contributed by atoms with Gasteiger partial charge in [-0.1, -0.05) is 85.2 Å². The largest absolute Gasteiger partial charge is 0.342 e. The molecule has 4 atom stereocenters. The number of carbonyl (C=O) groups is 7. The highest BCUT2D eigenvalue weighted by molar-refractivity contribution is 7.91. The van der Waals surface area contributed by atoms with Crippen molar-refractivity contribution in [3.05, 3.63) is 35.9 Å². The molecular formula is C41H67N5O9S. The molecule has 0 saturated carbocycles. The van der Waals surface area contributed by atoms with E-state index in [0.717, 1.165) is 16.7 Å². The Morgan fingerprint density at radius 3 is 1.86 bits per heavy atom. The van der Waals surface area contributed by atoms with Crippen LogP contribution in [0.15, 0.2) is 30.3 Å². The summed E-state index contributed by atoms with van der Waals surface area (Å²) in [5.41, 5.74) is 0.769. The van der Waals surface area contributed by atoms with Gasteiger partial charge >= 0.3 is 6.03 Å². The first-order chi connectivity index (χ1) is 26.1. The van der Waals surface area contributed by atoms with Crippen molar-refractivity contribution in [3.8, 4) is 0 Å². The number of aldehydes is 1. The van der Waals surface area contributed by atoms with Gasteiger partial charge in [0.2, 0.25) is 17.7 Å². The molecule has 56 heavy (non-hydrogen) atoms. The summed E-state index contributed by atoms with van der Waals surface area (Å²) in [5, 5.41) is 2.88. The maximum atomic E-state index is 14.5. The van der Waals surface area contributed by atoms with Gasteiger partial charge in [-0.15, -0.1) is 0 Å². The maximum Gasteiger partial charge on any atom is 0.327 e. The van der Waals surface area contributed by atoms with E-state index in [9.17, 15) is 42.0 Å². The predicted molar refractivity (Wildman–Crippen MR) is 217 cm³/mol. The fraction of sp³-hybridized carbons (Fsp3) is 0.683. The minimum Gasteiger partial charge on any atom is -0.342 e. The normalized spacial score (nSPS) is 13.8. The lowest BCUT2D eigenvalue weighted by molar-refractivity contribution is -0.148. The zero-order valence-electron chi connectivity index (χ0n) is 35.4. The number of likely N-dealkylation sites (N-methyl/N-ethyl adjacent to an activating group) is 3. The van der Waals surface area contributed by atoms with Crippen LogP contribution in [0.25, 0.3) is 0 Å². The van der Waals surface area contributed by atoms with Gasteiger partial charge in [0, 0.05) is 53.2 Å². The SMILES string of the molecule is CCCCN(C(=O)[C@H](CC(C)C)NC(=O)[C@H](CC(C)C)N(C)C(=O)[C@H](Cc1ccccc1)N(C)C(=O)CCCC(=O)CS(C)(=O)=O)C(=O)N(C)C(C=O)C(C)C. The quantitative estimate of drug-likeness (QED) is 0.150. The summed E-state index contributed by atoms with van der Waals surface area (Å²) in [5.74, 6) is -3.57. The van der Waals surface area contributed by atoms with Crippen molar-refractivity contribution in [2.45, 2.75) is 124 Å². The number of imide groups is 1. The van der Waals surface area contributed by atoms with Gasteiger partial charge in [0.25, 0.3) is 5.91 Å². The highest BCUT2D eigenvalue weighted by atomic mass is 32.2. The topological polar surface area (TPSA) is 179 Å². The lowest BCUT2D eigenvalue weighted by atomic mass is 9.97. The van der Waals surface area contributed by atoms with Crippen molar-refractivity contribution in [2.75, 3.05) is 39.7 Å². The Morgan fingerprint density at radius 1 is 0.768 bits per heavy atom. The predicted octanol–water partition coefficient (Wildman–Crippen LogP) is 4.15. The van der Waals surface area contributed by atoms with Gasteiger partial charge in [0.05, 0.1) is 6.04 Å². The number of benzene rings is 1. The number of urea groups is 1. The number of rotatable bonds is 24. The van der Waals surface area contributed by atoms with Gasteiger partial charge in [-0.05, 0) is 49.0 Å². The summed E-state index contributed by atoms with van der Waals surface area (Å²) in [6.07, 6.45) is 3.31. The van der Waals surface area contributed by atoms with E-state index in [2.05, 4.69) is 5.32 Å². The number of hydrogen-bond donors (Lipinski definition) is 1. The molecule has 0 heterocycles. The molecule has 1 unspecified atom stereocenters. The second-order valence-electron chi connectivity index (χ2n) is 16.1. The van der Waals surface area contributed by atoms with Crippen molar-refractivity contribution in [2.24, 2.45) is 17.8 Å². The zero-order chi connectivity index (χ0) is 42.9. The van der Waals surface area contributed by atoms with Gasteiger partial charge in [-0.2, -0.15) is 0 Å². The van der Waals surface area contributed by atoms with Crippen LogP contribution in [0.5, 0.6) is 0 Å². The summed E-state index contributed by atoms with van der Waals surface area (Å²) < 4.78 is 23.0. The summed E-state index contributed by atoms with van der Waals surface area (Å²) in [7, 11) is 0.960. The number of carbonyl (C=O) groups excluding carboxylic acids is 7. The first kappa shape index (κ1) is 49.9. The molecule has 15 heteroatoms. The Kier molecular flexibility index (Phi) is 21.2. The van der Waals surface area contributed by atoms with E-state index in [4.69, 9.17) is 0 Å². The van der Waals surface area contributed by atoms with Crippen molar-refractivity contribution >= 4 is 51.6 Å². The van der Waals surface area contributed by atoms with E-state index in [0.29, 0.717) is 19.1 Å². The van der Waals surface area contributed by atoms with Crippen molar-refractivity contribution in [3.63, 3.8) is 0 Å². The lowest BCUT2D eigenvalue weighted by Gasteiger charge is -2.37. The van der Waals surface area contributed by atoms with Crippen LogP contribution in [0.4, 0.5) is 4.79 Å². The number of amides is 6. The third-order valence-corrected chi connectivity index (χ3v) is 10.5. The molecule has 1 aromatic rings. The smallest absolute Gasteiger partial charge is 0.327 e. The van der Waals surface area contributed by atoms with E-state index in [1.54, 1.807) is 13.8 Å². The van der Waals surface area contributed by atoms with E-state index in [-0.39, 0.29) is 62.8 Å².